The predicted octanol–water partition coefficient (Wildman–Crippen LogP) is 0.664. The molecule has 0 aliphatic carbocycles. The second-order valence-corrected chi connectivity index (χ2v) is 3.43. The Balaban J connectivity index is 4.55. The van der Waals surface area contributed by atoms with Gasteiger partial charge in [-0.15, -0.1) is 0 Å². The summed E-state index contributed by atoms with van der Waals surface area (Å²) >= 11 is 0. The van der Waals surface area contributed by atoms with E-state index in [0.29, 0.717) is 25.1 Å². The van der Waals surface area contributed by atoms with E-state index in [4.69, 9.17) is 10.5 Å². The van der Waals surface area contributed by atoms with Crippen molar-refractivity contribution < 1.29 is 14.1 Å². The van der Waals surface area contributed by atoms with Crippen molar-refractivity contribution in [2.24, 2.45) is 5.73 Å². The predicted molar refractivity (Wildman–Crippen MR) is 62.7 cm³/mol. The van der Waals surface area contributed by atoms with Gasteiger partial charge in [0.15, 0.2) is 0 Å². The van der Waals surface area contributed by atoms with Crippen LogP contribution in [-0.2, 0) is 14.1 Å². The summed E-state index contributed by atoms with van der Waals surface area (Å²) in [6.07, 6.45) is 2.12. The monoisotopic (exact) mass is 244 g/mol. The second kappa shape index (κ2) is 9.37. The molecule has 0 aliphatic heterocycles. The molecule has 16 heavy (non-hydrogen) atoms. The molecule has 0 heterocycles. The summed E-state index contributed by atoms with van der Waals surface area (Å²) in [6.45, 7) is 2.70. The molecule has 0 fully saturated rings. The molecule has 0 rings (SSSR count). The Morgan fingerprint density at radius 2 is 2.38 bits per heavy atom. The van der Waals surface area contributed by atoms with E-state index in [1.165, 1.54) is 6.08 Å². The Morgan fingerprint density at radius 3 is 2.88 bits per heavy atom. The first-order valence-corrected chi connectivity index (χ1v) is 5.82. The molecule has 0 saturated heterocycles. The number of carbonyl (C=O) groups is 1. The topological polar surface area (TPSA) is 81.4 Å². The Hall–Kier alpha value is -0.860. The fourth-order valence-electron chi connectivity index (χ4n) is 1.02. The van der Waals surface area contributed by atoms with Crippen LogP contribution in [0, 0.1) is 5.63 Å². The molecule has 3 N–H and O–H groups in total. The van der Waals surface area contributed by atoms with Crippen molar-refractivity contribution in [2.45, 2.75) is 19.4 Å². The van der Waals surface area contributed by atoms with Crippen LogP contribution in [0.1, 0.15) is 13.3 Å². The van der Waals surface area contributed by atoms with E-state index >= 15 is 0 Å². The Morgan fingerprint density at radius 1 is 1.69 bits per heavy atom. The third-order valence-corrected chi connectivity index (χ3v) is 2.15. The van der Waals surface area contributed by atoms with Crippen LogP contribution in [0.5, 0.6) is 0 Å². The molecule has 0 saturated carbocycles. The van der Waals surface area contributed by atoms with Gasteiger partial charge in [0, 0.05) is 0 Å². The molecule has 0 aliphatic rings. The average Bonchev–Trinajstić information content (AvgIpc) is 2.26. The summed E-state index contributed by atoms with van der Waals surface area (Å²) in [6, 6.07) is -0.832. The van der Waals surface area contributed by atoms with Crippen LogP contribution in [0.4, 0.5) is 0 Å². The maximum absolute atomic E-state index is 11.2. The number of nitrogens with two attached hydrogens (primary N) is 1. The summed E-state index contributed by atoms with van der Waals surface area (Å²) in [5, 5.41) is 2.94. The zero-order valence-corrected chi connectivity index (χ0v) is 10.4. The molecule has 90 valence electrons. The molecule has 0 aromatic heterocycles. The third-order valence-electron chi connectivity index (χ3n) is 1.77. The van der Waals surface area contributed by atoms with Crippen LogP contribution >= 0.6 is 7.92 Å². The molecule has 6 heteroatoms. The van der Waals surface area contributed by atoms with E-state index in [2.05, 4.69) is 10.9 Å². The van der Waals surface area contributed by atoms with E-state index in [-0.39, 0.29) is 7.92 Å². The molecule has 0 amide bonds. The number of esters is 1. The SMILES string of the molecule is CCOC(=O)C(N)C=C(C#P=O)CCNC. The van der Waals surface area contributed by atoms with E-state index in [1.807, 2.05) is 0 Å². The Kier molecular flexibility index (Phi) is 8.87. The first-order chi connectivity index (χ1) is 7.65. The van der Waals surface area contributed by atoms with Crippen LogP contribution < -0.4 is 11.1 Å². The van der Waals surface area contributed by atoms with Gasteiger partial charge in [0.1, 0.15) is 0 Å². The molecule has 5 nitrogen and oxygen atoms in total. The van der Waals surface area contributed by atoms with Crippen molar-refractivity contribution in [3.8, 4) is 5.63 Å². The number of ether oxygens (including phenoxy) is 1. The minimum absolute atomic E-state index is 0.218. The fourth-order valence-corrected chi connectivity index (χ4v) is 1.32. The molecule has 0 aromatic rings. The number of nitrogens with one attached hydrogen (secondary N) is 1. The van der Waals surface area contributed by atoms with Gasteiger partial charge < -0.3 is 0 Å². The summed E-state index contributed by atoms with van der Waals surface area (Å²) in [5.41, 5.74) is 8.83. The zero-order chi connectivity index (χ0) is 12.4. The van der Waals surface area contributed by atoms with Crippen molar-refractivity contribution in [1.82, 2.24) is 5.32 Å². The normalized spacial score (nSPS) is 12.8. The van der Waals surface area contributed by atoms with Crippen molar-refractivity contribution in [1.29, 1.82) is 0 Å². The summed E-state index contributed by atoms with van der Waals surface area (Å²) in [7, 11) is 1.58. The number of hydrogen-bond donors (Lipinski definition) is 2. The van der Waals surface area contributed by atoms with Crippen molar-refractivity contribution in [2.75, 3.05) is 20.2 Å². The minimum atomic E-state index is -0.832. The quantitative estimate of drug-likeness (QED) is 0.530. The van der Waals surface area contributed by atoms with E-state index < -0.39 is 12.0 Å². The molecule has 1 atom stereocenters. The first kappa shape index (κ1) is 15.1. The first-order valence-electron chi connectivity index (χ1n) is 5.01. The van der Waals surface area contributed by atoms with Gasteiger partial charge in [-0.05, 0) is 0 Å². The molecule has 1 unspecified atom stereocenters. The van der Waals surface area contributed by atoms with E-state index in [0.717, 1.165) is 0 Å². The Labute approximate surface area is 96.5 Å². The number of carbonyl (C=O) groups excluding carboxylic acids is 1. The summed E-state index contributed by atoms with van der Waals surface area (Å²) in [5.74, 6) is -0.492. The van der Waals surface area contributed by atoms with Crippen LogP contribution in [-0.4, -0.2) is 32.2 Å². The van der Waals surface area contributed by atoms with Crippen LogP contribution in [0.15, 0.2) is 11.6 Å². The van der Waals surface area contributed by atoms with Crippen molar-refractivity contribution in [3.05, 3.63) is 11.6 Å². The second-order valence-electron chi connectivity index (χ2n) is 3.03. The van der Waals surface area contributed by atoms with Crippen LogP contribution in [0.2, 0.25) is 0 Å². The maximum atomic E-state index is 11.2. The van der Waals surface area contributed by atoms with E-state index in [9.17, 15) is 9.36 Å². The zero-order valence-electron chi connectivity index (χ0n) is 9.53. The molecular weight excluding hydrogens is 227 g/mol. The van der Waals surface area contributed by atoms with Crippen molar-refractivity contribution in [3.63, 3.8) is 0 Å². The average molecular weight is 244 g/mol. The van der Waals surface area contributed by atoms with Gasteiger partial charge in [-0.1, -0.05) is 0 Å². The van der Waals surface area contributed by atoms with Gasteiger partial charge in [-0.25, -0.2) is 0 Å². The molecule has 0 spiro atoms. The fraction of sp³-hybridized carbons (Fsp3) is 0.600. The van der Waals surface area contributed by atoms with Gasteiger partial charge in [0.2, 0.25) is 0 Å². The van der Waals surface area contributed by atoms with Gasteiger partial charge >= 0.3 is 95.9 Å². The third kappa shape index (κ3) is 6.59. The summed E-state index contributed by atoms with van der Waals surface area (Å²) < 4.78 is 15.2. The van der Waals surface area contributed by atoms with Crippen LogP contribution in [0.3, 0.4) is 0 Å². The van der Waals surface area contributed by atoms with Crippen LogP contribution in [0.25, 0.3) is 0 Å². The molecule has 0 bridgehead atoms. The number of rotatable bonds is 6. The molecule has 0 radical (unpaired) electrons. The number of hydrogen-bond acceptors (Lipinski definition) is 5. The standard InChI is InChI=1S/C10H17N2O3P/c1-3-15-10(13)9(11)6-8(7-16-14)4-5-12-2/h6,9,12H,3-5,11H2,1-2H3. The van der Waals surface area contributed by atoms with Gasteiger partial charge in [-0.3, -0.25) is 0 Å². The molecular formula is C10H17N2O3P. The van der Waals surface area contributed by atoms with Gasteiger partial charge in [0.25, 0.3) is 0 Å². The van der Waals surface area contributed by atoms with Gasteiger partial charge in [-0.2, -0.15) is 0 Å². The summed E-state index contributed by atoms with van der Waals surface area (Å²) in [4.78, 5) is 11.2. The van der Waals surface area contributed by atoms with E-state index in [1.54, 1.807) is 14.0 Å². The molecule has 0 aromatic carbocycles. The Bertz CT molecular complexity index is 348. The van der Waals surface area contributed by atoms with Gasteiger partial charge in [0.05, 0.1) is 0 Å². The van der Waals surface area contributed by atoms with Crippen molar-refractivity contribution >= 4 is 13.9 Å².